The van der Waals surface area contributed by atoms with E-state index in [0.717, 1.165) is 6.04 Å². The Balaban J connectivity index is 1.67. The molecule has 2 heteroatoms. The second kappa shape index (κ2) is 10.1. The highest BCUT2D eigenvalue weighted by Gasteiger charge is 2.26. The molecule has 0 radical (unpaired) electrons. The maximum atomic E-state index is 2.49. The molecule has 0 atom stereocenters. The van der Waals surface area contributed by atoms with Crippen molar-refractivity contribution in [2.75, 3.05) is 0 Å². The van der Waals surface area contributed by atoms with Gasteiger partial charge in [0, 0.05) is 6.07 Å². The van der Waals surface area contributed by atoms with Crippen LogP contribution in [0.2, 0.25) is 13.1 Å². The van der Waals surface area contributed by atoms with Gasteiger partial charge >= 0.3 is 0 Å². The summed E-state index contributed by atoms with van der Waals surface area (Å²) in [6, 6.07) is 37.2. The summed E-state index contributed by atoms with van der Waals surface area (Å²) in [5.74, 6) is 0.457. The van der Waals surface area contributed by atoms with E-state index in [1.54, 1.807) is 0 Å². The molecule has 0 aliphatic rings. The van der Waals surface area contributed by atoms with Crippen molar-refractivity contribution < 1.29 is 4.57 Å². The van der Waals surface area contributed by atoms with Crippen LogP contribution in [0.5, 0.6) is 0 Å². The van der Waals surface area contributed by atoms with Crippen LogP contribution in [0.25, 0.3) is 33.2 Å². The third kappa shape index (κ3) is 5.04. The van der Waals surface area contributed by atoms with Crippen molar-refractivity contribution in [2.45, 2.75) is 45.8 Å². The lowest BCUT2D eigenvalue weighted by molar-refractivity contribution is -0.659. The molecule has 0 aliphatic carbocycles. The minimum Gasteiger partial charge on any atom is -0.200 e. The molecule has 0 fully saturated rings. The lowest BCUT2D eigenvalue weighted by atomic mass is 9.87. The summed E-state index contributed by atoms with van der Waals surface area (Å²) >= 11 is 0. The fourth-order valence-corrected chi connectivity index (χ4v) is 8.26. The summed E-state index contributed by atoms with van der Waals surface area (Å²) < 4.78 is 2.30. The molecule has 0 spiro atoms. The Morgan fingerprint density at radius 2 is 1.43 bits per heavy atom. The molecular weight excluding hydrogens is 462 g/mol. The average Bonchev–Trinajstić information content (AvgIpc) is 2.89. The van der Waals surface area contributed by atoms with Crippen LogP contribution < -0.4 is 9.75 Å². The van der Waals surface area contributed by atoms with Gasteiger partial charge in [-0.1, -0.05) is 117 Å². The van der Waals surface area contributed by atoms with Crippen LogP contribution in [-0.2, 0) is 13.1 Å². The Morgan fingerprint density at radius 1 is 0.757 bits per heavy atom. The average molecular weight is 501 g/mol. The van der Waals surface area contributed by atoms with Crippen LogP contribution >= 0.6 is 0 Å². The van der Waals surface area contributed by atoms with Crippen molar-refractivity contribution in [1.82, 2.24) is 0 Å². The number of aromatic nitrogens is 1. The van der Waals surface area contributed by atoms with Crippen LogP contribution in [0.4, 0.5) is 0 Å². The Kier molecular flexibility index (Phi) is 6.87. The SMILES string of the molecule is Cc1c(-c2c3ccc([Si](C)(C)Cc4ccccc4)cc3cc[n+]2C)cc(-c2ccccc2)cc1C(C)C. The van der Waals surface area contributed by atoms with Crippen molar-refractivity contribution in [3.05, 3.63) is 120 Å². The summed E-state index contributed by atoms with van der Waals surface area (Å²) in [7, 11) is 0.539. The summed E-state index contributed by atoms with van der Waals surface area (Å²) in [4.78, 5) is 0. The lowest BCUT2D eigenvalue weighted by Crippen LogP contribution is -2.44. The fourth-order valence-electron chi connectivity index (χ4n) is 5.72. The van der Waals surface area contributed by atoms with E-state index in [9.17, 15) is 0 Å². The van der Waals surface area contributed by atoms with Crippen LogP contribution in [0.3, 0.4) is 0 Å². The zero-order chi connectivity index (χ0) is 26.2. The quantitative estimate of drug-likeness (QED) is 0.164. The normalized spacial score (nSPS) is 11.9. The molecule has 37 heavy (non-hydrogen) atoms. The molecule has 1 heterocycles. The predicted octanol–water partition coefficient (Wildman–Crippen LogP) is 8.13. The molecule has 0 bridgehead atoms. The topological polar surface area (TPSA) is 3.88 Å². The van der Waals surface area contributed by atoms with Gasteiger partial charge in [0.15, 0.2) is 6.20 Å². The second-order valence-electron chi connectivity index (χ2n) is 11.4. The van der Waals surface area contributed by atoms with Crippen molar-refractivity contribution in [3.63, 3.8) is 0 Å². The van der Waals surface area contributed by atoms with Crippen molar-refractivity contribution in [2.24, 2.45) is 7.05 Å². The predicted molar refractivity (Wildman–Crippen MR) is 162 cm³/mol. The van der Waals surface area contributed by atoms with Gasteiger partial charge in [0.05, 0.1) is 19.0 Å². The molecule has 4 aromatic carbocycles. The lowest BCUT2D eigenvalue weighted by Gasteiger charge is -2.24. The molecule has 186 valence electrons. The highest BCUT2D eigenvalue weighted by Crippen LogP contribution is 2.36. The molecule has 0 N–H and O–H groups in total. The molecule has 5 rings (SSSR count). The van der Waals surface area contributed by atoms with E-state index >= 15 is 0 Å². The Hall–Kier alpha value is -3.49. The highest BCUT2D eigenvalue weighted by atomic mass is 28.3. The fraction of sp³-hybridized carbons (Fsp3) is 0.229. The third-order valence-electron chi connectivity index (χ3n) is 7.84. The van der Waals surface area contributed by atoms with Crippen LogP contribution in [0, 0.1) is 6.92 Å². The molecule has 0 saturated carbocycles. The molecule has 0 unspecified atom stereocenters. The van der Waals surface area contributed by atoms with E-state index in [1.807, 2.05) is 0 Å². The molecule has 0 amide bonds. The number of benzene rings is 4. The zero-order valence-corrected chi connectivity index (χ0v) is 24.0. The van der Waals surface area contributed by atoms with Crippen molar-refractivity contribution >= 4 is 24.0 Å². The van der Waals surface area contributed by atoms with E-state index in [-0.39, 0.29) is 0 Å². The minimum absolute atomic E-state index is 0.457. The Bertz CT molecular complexity index is 1550. The first-order valence-electron chi connectivity index (χ1n) is 13.4. The number of rotatable bonds is 6. The number of aryl methyl sites for hydroxylation is 1. The number of hydrogen-bond acceptors (Lipinski definition) is 0. The van der Waals surface area contributed by atoms with Crippen LogP contribution in [-0.4, -0.2) is 8.07 Å². The van der Waals surface area contributed by atoms with Gasteiger partial charge in [-0.05, 0) is 58.7 Å². The number of pyridine rings is 1. The third-order valence-corrected chi connectivity index (χ3v) is 11.0. The number of hydrogen-bond donors (Lipinski definition) is 0. The monoisotopic (exact) mass is 500 g/mol. The minimum atomic E-state index is -1.64. The van der Waals surface area contributed by atoms with Gasteiger partial charge in [0.2, 0.25) is 5.69 Å². The summed E-state index contributed by atoms with van der Waals surface area (Å²) in [6.07, 6.45) is 2.23. The molecule has 5 aromatic rings. The van der Waals surface area contributed by atoms with E-state index in [1.165, 1.54) is 55.0 Å². The number of fused-ring (bicyclic) bond motifs is 1. The number of nitrogens with zero attached hydrogens (tertiary/aromatic N) is 1. The van der Waals surface area contributed by atoms with Gasteiger partial charge in [-0.2, -0.15) is 0 Å². The molecular formula is C35H38NSi+. The highest BCUT2D eigenvalue weighted by molar-refractivity contribution is 6.89. The first-order chi connectivity index (χ1) is 17.7. The van der Waals surface area contributed by atoms with E-state index in [0.29, 0.717) is 5.92 Å². The summed E-state index contributed by atoms with van der Waals surface area (Å²) in [6.45, 7) is 11.9. The van der Waals surface area contributed by atoms with Gasteiger partial charge in [-0.15, -0.1) is 0 Å². The molecule has 1 nitrogen and oxygen atoms in total. The molecule has 1 aromatic heterocycles. The first-order valence-corrected chi connectivity index (χ1v) is 16.6. The smallest absolute Gasteiger partial charge is 0.200 e. The van der Waals surface area contributed by atoms with Crippen molar-refractivity contribution in [3.8, 4) is 22.4 Å². The summed E-state index contributed by atoms with van der Waals surface area (Å²) in [5.41, 5.74) is 9.41. The van der Waals surface area contributed by atoms with Gasteiger partial charge in [0.1, 0.15) is 7.05 Å². The van der Waals surface area contributed by atoms with Crippen LogP contribution in [0.15, 0.2) is 103 Å². The second-order valence-corrected chi connectivity index (χ2v) is 16.1. The first kappa shape index (κ1) is 25.2. The molecule has 0 aliphatic heterocycles. The standard InChI is InChI=1S/C35H38NSi/c1-25(2)33-22-30(28-15-11-8-12-16-28)23-34(26(33)3)35-32-18-17-31(21-29(32)19-20-36(35)4)37(5,6)24-27-13-9-7-10-14-27/h7-23,25H,24H2,1-6H3/q+1. The Labute approximate surface area is 223 Å². The zero-order valence-electron chi connectivity index (χ0n) is 23.0. The van der Waals surface area contributed by atoms with Gasteiger partial charge < -0.3 is 0 Å². The van der Waals surface area contributed by atoms with Crippen molar-refractivity contribution in [1.29, 1.82) is 0 Å². The Morgan fingerprint density at radius 3 is 2.11 bits per heavy atom. The van der Waals surface area contributed by atoms with Gasteiger partial charge in [0.25, 0.3) is 0 Å². The van der Waals surface area contributed by atoms with Gasteiger partial charge in [-0.3, -0.25) is 0 Å². The molecule has 0 saturated heterocycles. The summed E-state index contributed by atoms with van der Waals surface area (Å²) in [5, 5.41) is 4.16. The van der Waals surface area contributed by atoms with Gasteiger partial charge in [-0.25, -0.2) is 4.57 Å². The van der Waals surface area contributed by atoms with Crippen LogP contribution in [0.1, 0.15) is 36.5 Å². The maximum absolute atomic E-state index is 2.49. The largest absolute Gasteiger partial charge is 0.220 e. The van der Waals surface area contributed by atoms with E-state index in [2.05, 4.69) is 149 Å². The van der Waals surface area contributed by atoms with E-state index in [4.69, 9.17) is 0 Å². The van der Waals surface area contributed by atoms with E-state index < -0.39 is 8.07 Å². The maximum Gasteiger partial charge on any atom is 0.220 e.